The third-order valence-corrected chi connectivity index (χ3v) is 3.34. The van der Waals surface area contributed by atoms with Crippen molar-refractivity contribution in [1.82, 2.24) is 0 Å². The van der Waals surface area contributed by atoms with E-state index in [0.717, 1.165) is 11.8 Å². The van der Waals surface area contributed by atoms with Gasteiger partial charge < -0.3 is 0 Å². The number of rotatable bonds is 6. The first kappa shape index (κ1) is 10.8. The third-order valence-electron chi connectivity index (χ3n) is 3.34. The summed E-state index contributed by atoms with van der Waals surface area (Å²) in [6, 6.07) is 0. The van der Waals surface area contributed by atoms with Crippen molar-refractivity contribution >= 4 is 0 Å². The van der Waals surface area contributed by atoms with Crippen LogP contribution in [-0.4, -0.2) is 0 Å². The maximum absolute atomic E-state index is 4.15. The second-order valence-electron chi connectivity index (χ2n) is 4.92. The summed E-state index contributed by atoms with van der Waals surface area (Å²) in [6.45, 7) is 10.9. The standard InChI is InChI=1S/C13H24/c1-5-6-7-12-9-13(12)8-11(4)10(2)3/h10,12-13H,4-9H2,1-3H3. The number of allylic oxidation sites excluding steroid dienone is 1. The molecule has 2 unspecified atom stereocenters. The predicted molar refractivity (Wildman–Crippen MR) is 59.7 cm³/mol. The number of unbranched alkanes of at least 4 members (excludes halogenated alkanes) is 1. The maximum Gasteiger partial charge on any atom is -0.0263 e. The lowest BCUT2D eigenvalue weighted by molar-refractivity contribution is 0.581. The number of hydrogen-bond acceptors (Lipinski definition) is 0. The van der Waals surface area contributed by atoms with Crippen LogP contribution in [0.3, 0.4) is 0 Å². The average Bonchev–Trinajstić information content (AvgIpc) is 2.80. The van der Waals surface area contributed by atoms with E-state index in [-0.39, 0.29) is 0 Å². The molecule has 0 nitrogen and oxygen atoms in total. The first-order valence-electron chi connectivity index (χ1n) is 5.82. The van der Waals surface area contributed by atoms with Crippen molar-refractivity contribution in [3.05, 3.63) is 12.2 Å². The van der Waals surface area contributed by atoms with Gasteiger partial charge in [0.25, 0.3) is 0 Å². The van der Waals surface area contributed by atoms with Crippen molar-refractivity contribution < 1.29 is 0 Å². The molecule has 0 N–H and O–H groups in total. The average molecular weight is 180 g/mol. The van der Waals surface area contributed by atoms with Crippen LogP contribution < -0.4 is 0 Å². The third kappa shape index (κ3) is 3.54. The van der Waals surface area contributed by atoms with Crippen LogP contribution in [0.25, 0.3) is 0 Å². The van der Waals surface area contributed by atoms with Crippen LogP contribution in [0.1, 0.15) is 52.9 Å². The summed E-state index contributed by atoms with van der Waals surface area (Å²) in [4.78, 5) is 0. The zero-order valence-corrected chi connectivity index (χ0v) is 9.47. The van der Waals surface area contributed by atoms with E-state index in [2.05, 4.69) is 27.4 Å². The van der Waals surface area contributed by atoms with Gasteiger partial charge in [-0.2, -0.15) is 0 Å². The Kier molecular flexibility index (Phi) is 4.02. The lowest BCUT2D eigenvalue weighted by Crippen LogP contribution is -1.94. The normalized spacial score (nSPS) is 26.5. The highest BCUT2D eigenvalue weighted by molar-refractivity contribution is 5.03. The Balaban J connectivity index is 2.10. The highest BCUT2D eigenvalue weighted by Crippen LogP contribution is 2.46. The van der Waals surface area contributed by atoms with Crippen molar-refractivity contribution in [1.29, 1.82) is 0 Å². The van der Waals surface area contributed by atoms with E-state index in [4.69, 9.17) is 0 Å². The van der Waals surface area contributed by atoms with E-state index in [9.17, 15) is 0 Å². The fourth-order valence-electron chi connectivity index (χ4n) is 1.95. The van der Waals surface area contributed by atoms with Crippen molar-refractivity contribution in [2.45, 2.75) is 52.9 Å². The van der Waals surface area contributed by atoms with Crippen molar-refractivity contribution in [3.63, 3.8) is 0 Å². The van der Waals surface area contributed by atoms with Crippen molar-refractivity contribution in [3.8, 4) is 0 Å². The fourth-order valence-corrected chi connectivity index (χ4v) is 1.95. The zero-order valence-electron chi connectivity index (χ0n) is 9.47. The van der Waals surface area contributed by atoms with E-state index in [1.807, 2.05) is 0 Å². The Morgan fingerprint density at radius 1 is 1.38 bits per heavy atom. The second-order valence-corrected chi connectivity index (χ2v) is 4.92. The molecule has 0 spiro atoms. The van der Waals surface area contributed by atoms with Gasteiger partial charge in [-0.05, 0) is 30.6 Å². The van der Waals surface area contributed by atoms with Gasteiger partial charge in [0.05, 0.1) is 0 Å². The summed E-state index contributed by atoms with van der Waals surface area (Å²) in [5.74, 6) is 2.74. The van der Waals surface area contributed by atoms with Crippen LogP contribution in [-0.2, 0) is 0 Å². The van der Waals surface area contributed by atoms with Gasteiger partial charge in [-0.3, -0.25) is 0 Å². The van der Waals surface area contributed by atoms with Gasteiger partial charge in [0.1, 0.15) is 0 Å². The molecule has 0 aromatic carbocycles. The second kappa shape index (κ2) is 4.83. The molecule has 0 aliphatic heterocycles. The summed E-state index contributed by atoms with van der Waals surface area (Å²) in [7, 11) is 0. The molecule has 0 heterocycles. The topological polar surface area (TPSA) is 0 Å². The molecule has 1 saturated carbocycles. The van der Waals surface area contributed by atoms with Gasteiger partial charge >= 0.3 is 0 Å². The molecule has 13 heavy (non-hydrogen) atoms. The van der Waals surface area contributed by atoms with Crippen molar-refractivity contribution in [2.24, 2.45) is 17.8 Å². The highest BCUT2D eigenvalue weighted by atomic mass is 14.4. The summed E-state index contributed by atoms with van der Waals surface area (Å²) in [6.07, 6.45) is 7.02. The Bertz CT molecular complexity index is 167. The van der Waals surface area contributed by atoms with Crippen LogP contribution in [0.5, 0.6) is 0 Å². The minimum atomic E-state index is 0.687. The first-order chi connectivity index (χ1) is 6.15. The van der Waals surface area contributed by atoms with Gasteiger partial charge in [-0.1, -0.05) is 52.2 Å². The molecule has 76 valence electrons. The molecule has 1 fully saturated rings. The van der Waals surface area contributed by atoms with Crippen molar-refractivity contribution in [2.75, 3.05) is 0 Å². The minimum absolute atomic E-state index is 0.687. The molecule has 0 aromatic heterocycles. The molecule has 0 radical (unpaired) electrons. The van der Waals surface area contributed by atoms with Crippen LogP contribution in [0.2, 0.25) is 0 Å². The zero-order chi connectivity index (χ0) is 9.84. The van der Waals surface area contributed by atoms with Gasteiger partial charge in [-0.15, -0.1) is 0 Å². The SMILES string of the molecule is C=C(CC1CC1CCCC)C(C)C. The first-order valence-corrected chi connectivity index (χ1v) is 5.82. The molecule has 0 amide bonds. The minimum Gasteiger partial charge on any atom is -0.0996 e. The predicted octanol–water partition coefficient (Wildman–Crippen LogP) is 4.42. The largest absolute Gasteiger partial charge is 0.0996 e. The molecule has 0 heteroatoms. The molecule has 0 aromatic rings. The van der Waals surface area contributed by atoms with E-state index in [1.54, 1.807) is 0 Å². The van der Waals surface area contributed by atoms with Gasteiger partial charge in [0, 0.05) is 0 Å². The Hall–Kier alpha value is -0.260. The molecule has 0 saturated heterocycles. The van der Waals surface area contributed by atoms with Gasteiger partial charge in [-0.25, -0.2) is 0 Å². The molecule has 1 aliphatic carbocycles. The quantitative estimate of drug-likeness (QED) is 0.531. The highest BCUT2D eigenvalue weighted by Gasteiger charge is 2.36. The van der Waals surface area contributed by atoms with Gasteiger partial charge in [0.2, 0.25) is 0 Å². The monoisotopic (exact) mass is 180 g/mol. The molecule has 2 atom stereocenters. The van der Waals surface area contributed by atoms with Gasteiger partial charge in [0.15, 0.2) is 0 Å². The number of hydrogen-bond donors (Lipinski definition) is 0. The summed E-state index contributed by atoms with van der Waals surface area (Å²) in [5.41, 5.74) is 1.46. The van der Waals surface area contributed by atoms with E-state index in [1.165, 1.54) is 37.7 Å². The summed E-state index contributed by atoms with van der Waals surface area (Å²) >= 11 is 0. The molecule has 1 aliphatic rings. The smallest absolute Gasteiger partial charge is 0.0263 e. The summed E-state index contributed by atoms with van der Waals surface area (Å²) in [5, 5.41) is 0. The molecule has 0 bridgehead atoms. The van der Waals surface area contributed by atoms with Crippen LogP contribution in [0, 0.1) is 17.8 Å². The van der Waals surface area contributed by atoms with Crippen LogP contribution >= 0.6 is 0 Å². The fraction of sp³-hybridized carbons (Fsp3) is 0.846. The lowest BCUT2D eigenvalue weighted by Gasteiger charge is -2.08. The van der Waals surface area contributed by atoms with Crippen LogP contribution in [0.4, 0.5) is 0 Å². The van der Waals surface area contributed by atoms with E-state index < -0.39 is 0 Å². The molecular weight excluding hydrogens is 156 g/mol. The molecule has 1 rings (SSSR count). The Morgan fingerprint density at radius 3 is 2.62 bits per heavy atom. The lowest BCUT2D eigenvalue weighted by atomic mass is 9.98. The Morgan fingerprint density at radius 2 is 2.08 bits per heavy atom. The van der Waals surface area contributed by atoms with Crippen LogP contribution in [0.15, 0.2) is 12.2 Å². The maximum atomic E-state index is 4.15. The summed E-state index contributed by atoms with van der Waals surface area (Å²) < 4.78 is 0. The Labute approximate surface area is 83.4 Å². The molecular formula is C13H24. The van der Waals surface area contributed by atoms with E-state index >= 15 is 0 Å². The van der Waals surface area contributed by atoms with E-state index in [0.29, 0.717) is 5.92 Å².